The predicted molar refractivity (Wildman–Crippen MR) is 89.8 cm³/mol. The molecule has 0 amide bonds. The van der Waals surface area contributed by atoms with Gasteiger partial charge in [0.1, 0.15) is 0 Å². The van der Waals surface area contributed by atoms with Gasteiger partial charge in [0.25, 0.3) is 0 Å². The van der Waals surface area contributed by atoms with Crippen LogP contribution < -0.4 is 5.73 Å². The standard InChI is InChI=1S/C18H19NOS/c1-12-5-4-7-13(9-12)15(11-19)18(20)17-10-14-6-2-3-8-16(14)21-17/h2-10,15,18,20H,11,19H2,1H3. The van der Waals surface area contributed by atoms with Gasteiger partial charge in [-0.2, -0.15) is 0 Å². The molecule has 1 heterocycles. The lowest BCUT2D eigenvalue weighted by molar-refractivity contribution is 0.151. The topological polar surface area (TPSA) is 46.2 Å². The third-order valence-corrected chi connectivity index (χ3v) is 5.03. The van der Waals surface area contributed by atoms with Crippen molar-refractivity contribution in [1.82, 2.24) is 0 Å². The molecule has 3 rings (SSSR count). The Bertz CT molecular complexity index is 717. The fraction of sp³-hybridized carbons (Fsp3) is 0.222. The number of rotatable bonds is 4. The van der Waals surface area contributed by atoms with E-state index in [2.05, 4.69) is 37.3 Å². The highest BCUT2D eigenvalue weighted by molar-refractivity contribution is 7.19. The molecule has 0 bridgehead atoms. The largest absolute Gasteiger partial charge is 0.387 e. The highest BCUT2D eigenvalue weighted by atomic mass is 32.1. The maximum Gasteiger partial charge on any atom is 0.0962 e. The van der Waals surface area contributed by atoms with Crippen molar-refractivity contribution in [3.63, 3.8) is 0 Å². The molecule has 2 atom stereocenters. The van der Waals surface area contributed by atoms with Crippen molar-refractivity contribution in [1.29, 1.82) is 0 Å². The van der Waals surface area contributed by atoms with Crippen LogP contribution in [-0.4, -0.2) is 11.7 Å². The Hall–Kier alpha value is -1.68. The van der Waals surface area contributed by atoms with E-state index in [0.29, 0.717) is 6.54 Å². The van der Waals surface area contributed by atoms with E-state index in [1.807, 2.05) is 24.3 Å². The molecule has 3 heteroatoms. The molecule has 3 N–H and O–H groups in total. The number of aryl methyl sites for hydroxylation is 1. The second kappa shape index (κ2) is 5.98. The molecular formula is C18H19NOS. The summed E-state index contributed by atoms with van der Waals surface area (Å²) in [5, 5.41) is 11.9. The molecule has 0 saturated carbocycles. The fourth-order valence-corrected chi connectivity index (χ4v) is 3.81. The lowest BCUT2D eigenvalue weighted by Gasteiger charge is -2.21. The highest BCUT2D eigenvalue weighted by Gasteiger charge is 2.23. The van der Waals surface area contributed by atoms with Gasteiger partial charge >= 0.3 is 0 Å². The number of thiophene rings is 1. The Morgan fingerprint density at radius 2 is 1.90 bits per heavy atom. The van der Waals surface area contributed by atoms with Crippen molar-refractivity contribution in [3.8, 4) is 0 Å². The SMILES string of the molecule is Cc1cccc(C(CN)C(O)c2cc3ccccc3s2)c1. The zero-order chi connectivity index (χ0) is 14.8. The van der Waals surface area contributed by atoms with Crippen molar-refractivity contribution in [2.24, 2.45) is 5.73 Å². The van der Waals surface area contributed by atoms with E-state index in [1.54, 1.807) is 11.3 Å². The molecule has 2 aromatic carbocycles. The van der Waals surface area contributed by atoms with Crippen molar-refractivity contribution in [3.05, 3.63) is 70.6 Å². The number of aliphatic hydroxyl groups excluding tert-OH is 1. The van der Waals surface area contributed by atoms with E-state index >= 15 is 0 Å². The summed E-state index contributed by atoms with van der Waals surface area (Å²) < 4.78 is 1.20. The molecule has 108 valence electrons. The van der Waals surface area contributed by atoms with Crippen LogP contribution in [0.15, 0.2) is 54.6 Å². The molecule has 0 aliphatic carbocycles. The van der Waals surface area contributed by atoms with Gasteiger partial charge in [0, 0.05) is 22.0 Å². The van der Waals surface area contributed by atoms with Crippen LogP contribution in [0.4, 0.5) is 0 Å². The molecule has 0 fully saturated rings. The first-order valence-electron chi connectivity index (χ1n) is 7.12. The number of benzene rings is 2. The van der Waals surface area contributed by atoms with E-state index in [1.165, 1.54) is 15.6 Å². The number of hydrogen-bond donors (Lipinski definition) is 2. The summed E-state index contributed by atoms with van der Waals surface area (Å²) in [7, 11) is 0. The number of fused-ring (bicyclic) bond motifs is 1. The van der Waals surface area contributed by atoms with Gasteiger partial charge < -0.3 is 10.8 Å². The molecule has 2 nitrogen and oxygen atoms in total. The summed E-state index contributed by atoms with van der Waals surface area (Å²) in [6.45, 7) is 2.49. The van der Waals surface area contributed by atoms with Crippen LogP contribution in [0, 0.1) is 6.92 Å². The quantitative estimate of drug-likeness (QED) is 0.765. The summed E-state index contributed by atoms with van der Waals surface area (Å²) >= 11 is 1.64. The average Bonchev–Trinajstić information content (AvgIpc) is 2.92. The highest BCUT2D eigenvalue weighted by Crippen LogP contribution is 2.37. The second-order valence-corrected chi connectivity index (χ2v) is 6.50. The van der Waals surface area contributed by atoms with Crippen LogP contribution in [0.3, 0.4) is 0 Å². The summed E-state index contributed by atoms with van der Waals surface area (Å²) in [6, 6.07) is 18.5. The van der Waals surface area contributed by atoms with E-state index in [9.17, 15) is 5.11 Å². The first-order chi connectivity index (χ1) is 10.2. The van der Waals surface area contributed by atoms with Crippen LogP contribution in [0.1, 0.15) is 28.0 Å². The van der Waals surface area contributed by atoms with E-state index in [-0.39, 0.29) is 5.92 Å². The summed E-state index contributed by atoms with van der Waals surface area (Å²) in [5.41, 5.74) is 8.22. The zero-order valence-electron chi connectivity index (χ0n) is 12.0. The monoisotopic (exact) mass is 297 g/mol. The fourth-order valence-electron chi connectivity index (χ4n) is 2.69. The number of aliphatic hydroxyl groups is 1. The van der Waals surface area contributed by atoms with Crippen molar-refractivity contribution < 1.29 is 5.11 Å². The molecular weight excluding hydrogens is 278 g/mol. The molecule has 0 radical (unpaired) electrons. The molecule has 0 aliphatic rings. The van der Waals surface area contributed by atoms with Crippen LogP contribution in [0.25, 0.3) is 10.1 Å². The number of hydrogen-bond acceptors (Lipinski definition) is 3. The second-order valence-electron chi connectivity index (χ2n) is 5.39. The lowest BCUT2D eigenvalue weighted by atomic mass is 9.91. The van der Waals surface area contributed by atoms with E-state index in [0.717, 1.165) is 10.4 Å². The van der Waals surface area contributed by atoms with Crippen LogP contribution in [0.5, 0.6) is 0 Å². The van der Waals surface area contributed by atoms with Gasteiger partial charge in [-0.05, 0) is 30.0 Å². The normalized spacial score (nSPS) is 14.2. The summed E-state index contributed by atoms with van der Waals surface area (Å²) in [5.74, 6) is -0.0713. The van der Waals surface area contributed by atoms with Gasteiger partial charge in [0.2, 0.25) is 0 Å². The molecule has 3 aromatic rings. The van der Waals surface area contributed by atoms with Crippen LogP contribution in [-0.2, 0) is 0 Å². The minimum Gasteiger partial charge on any atom is -0.387 e. The zero-order valence-corrected chi connectivity index (χ0v) is 12.8. The van der Waals surface area contributed by atoms with Crippen molar-refractivity contribution in [2.75, 3.05) is 6.54 Å². The number of nitrogens with two attached hydrogens (primary N) is 1. The Balaban J connectivity index is 1.96. The first kappa shape index (κ1) is 14.3. The van der Waals surface area contributed by atoms with Gasteiger partial charge in [0.15, 0.2) is 0 Å². The Labute approximate surface area is 128 Å². The maximum absolute atomic E-state index is 10.8. The van der Waals surface area contributed by atoms with Crippen molar-refractivity contribution >= 4 is 21.4 Å². The van der Waals surface area contributed by atoms with E-state index in [4.69, 9.17) is 5.73 Å². The Morgan fingerprint density at radius 3 is 2.62 bits per heavy atom. The van der Waals surface area contributed by atoms with Crippen LogP contribution in [0.2, 0.25) is 0 Å². The van der Waals surface area contributed by atoms with Gasteiger partial charge in [-0.25, -0.2) is 0 Å². The van der Waals surface area contributed by atoms with Crippen LogP contribution >= 0.6 is 11.3 Å². The molecule has 0 saturated heterocycles. The Kier molecular flexibility index (Phi) is 4.06. The smallest absolute Gasteiger partial charge is 0.0962 e. The van der Waals surface area contributed by atoms with Gasteiger partial charge in [-0.15, -0.1) is 11.3 Å². The molecule has 0 aliphatic heterocycles. The minimum atomic E-state index is -0.561. The van der Waals surface area contributed by atoms with Gasteiger partial charge in [0.05, 0.1) is 6.10 Å². The Morgan fingerprint density at radius 1 is 1.10 bits per heavy atom. The predicted octanol–water partition coefficient (Wildman–Crippen LogP) is 3.99. The molecule has 2 unspecified atom stereocenters. The third-order valence-electron chi connectivity index (χ3n) is 3.84. The van der Waals surface area contributed by atoms with Gasteiger partial charge in [-0.3, -0.25) is 0 Å². The molecule has 0 spiro atoms. The minimum absolute atomic E-state index is 0.0713. The third kappa shape index (κ3) is 2.86. The molecule has 21 heavy (non-hydrogen) atoms. The van der Waals surface area contributed by atoms with Gasteiger partial charge in [-0.1, -0.05) is 48.0 Å². The summed E-state index contributed by atoms with van der Waals surface area (Å²) in [4.78, 5) is 0.980. The maximum atomic E-state index is 10.8. The van der Waals surface area contributed by atoms with E-state index < -0.39 is 6.10 Å². The summed E-state index contributed by atoms with van der Waals surface area (Å²) in [6.07, 6.45) is -0.561. The van der Waals surface area contributed by atoms with Crippen molar-refractivity contribution in [2.45, 2.75) is 18.9 Å². The lowest BCUT2D eigenvalue weighted by Crippen LogP contribution is -2.19. The molecule has 1 aromatic heterocycles. The first-order valence-corrected chi connectivity index (χ1v) is 7.94. The average molecular weight is 297 g/mol.